The molecule has 25 heavy (non-hydrogen) atoms. The summed E-state index contributed by atoms with van der Waals surface area (Å²) in [5.41, 5.74) is 5.38. The van der Waals surface area contributed by atoms with Crippen LogP contribution in [-0.2, 0) is 0 Å². The fourth-order valence-electron chi connectivity index (χ4n) is 2.67. The summed E-state index contributed by atoms with van der Waals surface area (Å²) in [5, 5.41) is 6.85. The minimum absolute atomic E-state index is 0.501. The van der Waals surface area contributed by atoms with Gasteiger partial charge in [-0.2, -0.15) is 4.98 Å². The molecule has 2 aromatic heterocycles. The van der Waals surface area contributed by atoms with Crippen molar-refractivity contribution in [2.24, 2.45) is 0 Å². The molecule has 2 heterocycles. The maximum Gasteiger partial charge on any atom is 0.225 e. The molecule has 1 fully saturated rings. The van der Waals surface area contributed by atoms with Crippen molar-refractivity contribution in [3.63, 3.8) is 0 Å². The average Bonchev–Trinajstić information content (AvgIpc) is 3.43. The second-order valence-electron chi connectivity index (χ2n) is 6.56. The van der Waals surface area contributed by atoms with Crippen LogP contribution in [-0.4, -0.2) is 21.0 Å². The monoisotopic (exact) mass is 331 g/mol. The normalized spacial score (nSPS) is 13.5. The van der Waals surface area contributed by atoms with Crippen LogP contribution in [0.5, 0.6) is 0 Å². The largest absolute Gasteiger partial charge is 0.351 e. The first kappa shape index (κ1) is 15.6. The van der Waals surface area contributed by atoms with E-state index in [-0.39, 0.29) is 0 Å². The molecule has 3 aromatic rings. The summed E-state index contributed by atoms with van der Waals surface area (Å²) in [5.74, 6) is 1.46. The van der Waals surface area contributed by atoms with Gasteiger partial charge < -0.3 is 10.6 Å². The van der Waals surface area contributed by atoms with Crippen LogP contribution in [0.3, 0.4) is 0 Å². The molecule has 2 N–H and O–H groups in total. The molecule has 0 spiro atoms. The highest BCUT2D eigenvalue weighted by Crippen LogP contribution is 2.28. The molecule has 0 aliphatic heterocycles. The minimum atomic E-state index is 0.501. The van der Waals surface area contributed by atoms with E-state index in [0.717, 1.165) is 22.8 Å². The SMILES string of the molecule is Cc1ccc(C)c(Nc2cc(-c3ccncc3)nc(NC3CC3)n2)c1. The van der Waals surface area contributed by atoms with Crippen LogP contribution in [0.1, 0.15) is 24.0 Å². The van der Waals surface area contributed by atoms with Gasteiger partial charge in [-0.05, 0) is 56.0 Å². The maximum atomic E-state index is 4.68. The number of nitrogens with zero attached hydrogens (tertiary/aromatic N) is 3. The van der Waals surface area contributed by atoms with Crippen molar-refractivity contribution >= 4 is 17.5 Å². The highest BCUT2D eigenvalue weighted by Gasteiger charge is 2.22. The van der Waals surface area contributed by atoms with Crippen LogP contribution in [0.4, 0.5) is 17.5 Å². The van der Waals surface area contributed by atoms with Crippen molar-refractivity contribution in [2.75, 3.05) is 10.6 Å². The number of rotatable bonds is 5. The summed E-state index contributed by atoms with van der Waals surface area (Å²) in [6, 6.07) is 12.8. The van der Waals surface area contributed by atoms with Crippen molar-refractivity contribution in [2.45, 2.75) is 32.7 Å². The van der Waals surface area contributed by atoms with E-state index in [1.54, 1.807) is 12.4 Å². The lowest BCUT2D eigenvalue weighted by molar-refractivity contribution is 1.06. The number of anilines is 3. The maximum absolute atomic E-state index is 4.68. The molecule has 126 valence electrons. The van der Waals surface area contributed by atoms with Crippen LogP contribution >= 0.6 is 0 Å². The first-order valence-electron chi connectivity index (χ1n) is 8.58. The van der Waals surface area contributed by atoms with Gasteiger partial charge in [-0.3, -0.25) is 4.98 Å². The Morgan fingerprint density at radius 1 is 0.960 bits per heavy atom. The summed E-state index contributed by atoms with van der Waals surface area (Å²) in [6.07, 6.45) is 5.93. The molecule has 0 bridgehead atoms. The predicted octanol–water partition coefficient (Wildman–Crippen LogP) is 4.47. The fourth-order valence-corrected chi connectivity index (χ4v) is 2.67. The molecule has 5 nitrogen and oxygen atoms in total. The zero-order valence-electron chi connectivity index (χ0n) is 14.5. The quantitative estimate of drug-likeness (QED) is 0.722. The van der Waals surface area contributed by atoms with Crippen molar-refractivity contribution in [3.05, 3.63) is 59.9 Å². The van der Waals surface area contributed by atoms with Crippen molar-refractivity contribution in [1.29, 1.82) is 0 Å². The highest BCUT2D eigenvalue weighted by molar-refractivity contribution is 5.68. The smallest absolute Gasteiger partial charge is 0.225 e. The molecule has 0 amide bonds. The number of nitrogens with one attached hydrogen (secondary N) is 2. The van der Waals surface area contributed by atoms with Gasteiger partial charge in [0.25, 0.3) is 0 Å². The number of pyridine rings is 1. The van der Waals surface area contributed by atoms with Gasteiger partial charge in [-0.15, -0.1) is 0 Å². The van der Waals surface area contributed by atoms with Crippen molar-refractivity contribution in [1.82, 2.24) is 15.0 Å². The third-order valence-electron chi connectivity index (χ3n) is 4.27. The van der Waals surface area contributed by atoms with E-state index in [2.05, 4.69) is 57.6 Å². The van der Waals surface area contributed by atoms with Gasteiger partial charge in [0.1, 0.15) is 5.82 Å². The van der Waals surface area contributed by atoms with E-state index in [4.69, 9.17) is 0 Å². The lowest BCUT2D eigenvalue weighted by atomic mass is 10.1. The van der Waals surface area contributed by atoms with Crippen LogP contribution in [0.25, 0.3) is 11.3 Å². The lowest BCUT2D eigenvalue weighted by Crippen LogP contribution is -2.08. The summed E-state index contributed by atoms with van der Waals surface area (Å²) < 4.78 is 0. The number of hydrogen-bond donors (Lipinski definition) is 2. The predicted molar refractivity (Wildman–Crippen MR) is 101 cm³/mol. The van der Waals surface area contributed by atoms with Crippen molar-refractivity contribution in [3.8, 4) is 11.3 Å². The Balaban J connectivity index is 1.71. The standard InChI is InChI=1S/C20H21N5/c1-13-3-4-14(2)17(11-13)23-19-12-18(15-7-9-21-10-8-15)24-20(25-19)22-16-5-6-16/h3-4,7-12,16H,5-6H2,1-2H3,(H2,22,23,24,25). The molecular weight excluding hydrogens is 310 g/mol. The summed E-state index contributed by atoms with van der Waals surface area (Å²) >= 11 is 0. The molecule has 1 aliphatic rings. The van der Waals surface area contributed by atoms with Crippen molar-refractivity contribution < 1.29 is 0 Å². The topological polar surface area (TPSA) is 62.7 Å². The van der Waals surface area contributed by atoms with Gasteiger partial charge in [-0.1, -0.05) is 12.1 Å². The fraction of sp³-hybridized carbons (Fsp3) is 0.250. The van der Waals surface area contributed by atoms with E-state index in [1.807, 2.05) is 18.2 Å². The molecule has 1 saturated carbocycles. The molecular formula is C20H21N5. The van der Waals surface area contributed by atoms with Gasteiger partial charge in [0.05, 0.1) is 5.69 Å². The zero-order valence-corrected chi connectivity index (χ0v) is 14.5. The van der Waals surface area contributed by atoms with Gasteiger partial charge >= 0.3 is 0 Å². The Morgan fingerprint density at radius 2 is 1.76 bits per heavy atom. The van der Waals surface area contributed by atoms with Crippen LogP contribution in [0.2, 0.25) is 0 Å². The van der Waals surface area contributed by atoms with Gasteiger partial charge in [0.15, 0.2) is 0 Å². The van der Waals surface area contributed by atoms with Gasteiger partial charge in [0, 0.05) is 35.8 Å². The Morgan fingerprint density at radius 3 is 2.52 bits per heavy atom. The molecule has 5 heteroatoms. The Bertz CT molecular complexity index is 888. The first-order chi connectivity index (χ1) is 12.2. The summed E-state index contributed by atoms with van der Waals surface area (Å²) in [7, 11) is 0. The Labute approximate surface area is 147 Å². The molecule has 1 aromatic carbocycles. The molecule has 1 aliphatic carbocycles. The number of aromatic nitrogens is 3. The van der Waals surface area contributed by atoms with Gasteiger partial charge in [0.2, 0.25) is 5.95 Å². The van der Waals surface area contributed by atoms with E-state index >= 15 is 0 Å². The number of benzene rings is 1. The Hall–Kier alpha value is -2.95. The number of aryl methyl sites for hydroxylation is 2. The van der Waals surface area contributed by atoms with Gasteiger partial charge in [-0.25, -0.2) is 4.98 Å². The van der Waals surface area contributed by atoms with Crippen LogP contribution < -0.4 is 10.6 Å². The Kier molecular flexibility index (Phi) is 4.06. The van der Waals surface area contributed by atoms with E-state index < -0.39 is 0 Å². The summed E-state index contributed by atoms with van der Waals surface area (Å²) in [6.45, 7) is 4.18. The first-order valence-corrected chi connectivity index (χ1v) is 8.58. The summed E-state index contributed by atoms with van der Waals surface area (Å²) in [4.78, 5) is 13.4. The van der Waals surface area contributed by atoms with E-state index in [9.17, 15) is 0 Å². The van der Waals surface area contributed by atoms with Crippen LogP contribution in [0, 0.1) is 13.8 Å². The van der Waals surface area contributed by atoms with E-state index in [0.29, 0.717) is 12.0 Å². The zero-order chi connectivity index (χ0) is 17.2. The molecule has 0 radical (unpaired) electrons. The van der Waals surface area contributed by atoms with E-state index in [1.165, 1.54) is 24.0 Å². The lowest BCUT2D eigenvalue weighted by Gasteiger charge is -2.13. The second kappa shape index (κ2) is 6.51. The molecule has 4 rings (SSSR count). The third-order valence-corrected chi connectivity index (χ3v) is 4.27. The minimum Gasteiger partial charge on any atom is -0.351 e. The highest BCUT2D eigenvalue weighted by atomic mass is 15.2. The second-order valence-corrected chi connectivity index (χ2v) is 6.56. The third kappa shape index (κ3) is 3.76. The molecule has 0 unspecified atom stereocenters. The molecule has 0 atom stereocenters. The van der Waals surface area contributed by atoms with Crippen LogP contribution in [0.15, 0.2) is 48.8 Å². The average molecular weight is 331 g/mol. The number of hydrogen-bond acceptors (Lipinski definition) is 5. The molecule has 0 saturated heterocycles.